The second-order valence-corrected chi connectivity index (χ2v) is 6.79. The zero-order valence-corrected chi connectivity index (χ0v) is 15.1. The SMILES string of the molecule is O=C1CCC(CNc2ncccc2C(=O)Nc2ccc(C(F)(F)F)cc2)CC1. The molecule has 1 saturated carbocycles. The lowest BCUT2D eigenvalue weighted by Gasteiger charge is -2.22. The molecule has 0 unspecified atom stereocenters. The van der Waals surface area contributed by atoms with Crippen molar-refractivity contribution in [3.05, 3.63) is 53.7 Å². The summed E-state index contributed by atoms with van der Waals surface area (Å²) in [5.41, 5.74) is -0.215. The summed E-state index contributed by atoms with van der Waals surface area (Å²) in [4.78, 5) is 28.1. The number of carbonyl (C=O) groups excluding carboxylic acids is 2. The van der Waals surface area contributed by atoms with E-state index in [9.17, 15) is 22.8 Å². The fraction of sp³-hybridized carbons (Fsp3) is 0.350. The number of Topliss-reactive ketones (excluding diaryl/α,β-unsaturated/α-hetero) is 1. The Morgan fingerprint density at radius 2 is 1.79 bits per heavy atom. The first-order valence-corrected chi connectivity index (χ1v) is 9.02. The van der Waals surface area contributed by atoms with Gasteiger partial charge in [-0.2, -0.15) is 13.2 Å². The summed E-state index contributed by atoms with van der Waals surface area (Å²) in [7, 11) is 0. The summed E-state index contributed by atoms with van der Waals surface area (Å²) in [6.07, 6.45) is -0.0858. The van der Waals surface area contributed by atoms with Crippen LogP contribution in [-0.2, 0) is 11.0 Å². The molecule has 1 fully saturated rings. The highest BCUT2D eigenvalue weighted by Crippen LogP contribution is 2.30. The monoisotopic (exact) mass is 391 g/mol. The Hall–Kier alpha value is -2.90. The molecule has 0 saturated heterocycles. The van der Waals surface area contributed by atoms with Crippen molar-refractivity contribution in [2.75, 3.05) is 17.2 Å². The lowest BCUT2D eigenvalue weighted by atomic mass is 9.88. The van der Waals surface area contributed by atoms with E-state index >= 15 is 0 Å². The van der Waals surface area contributed by atoms with Crippen molar-refractivity contribution in [2.45, 2.75) is 31.9 Å². The third-order valence-corrected chi connectivity index (χ3v) is 4.74. The number of aromatic nitrogens is 1. The van der Waals surface area contributed by atoms with E-state index in [-0.39, 0.29) is 11.5 Å². The number of pyridine rings is 1. The topological polar surface area (TPSA) is 71.1 Å². The van der Waals surface area contributed by atoms with Crippen molar-refractivity contribution in [1.29, 1.82) is 0 Å². The van der Waals surface area contributed by atoms with E-state index in [1.165, 1.54) is 12.1 Å². The molecule has 1 aliphatic rings. The van der Waals surface area contributed by atoms with Crippen LogP contribution in [0.15, 0.2) is 42.6 Å². The standard InChI is InChI=1S/C20H20F3N3O2/c21-20(22,23)14-5-7-15(8-6-14)26-19(28)17-2-1-11-24-18(17)25-12-13-3-9-16(27)10-4-13/h1-2,5-8,11,13H,3-4,9-10,12H2,(H,24,25)(H,26,28). The minimum atomic E-state index is -4.42. The summed E-state index contributed by atoms with van der Waals surface area (Å²) in [5, 5.41) is 5.75. The highest BCUT2D eigenvalue weighted by atomic mass is 19.4. The Balaban J connectivity index is 1.64. The molecule has 1 aliphatic carbocycles. The summed E-state index contributed by atoms with van der Waals surface area (Å²) in [6.45, 7) is 0.602. The minimum absolute atomic E-state index is 0.263. The molecule has 28 heavy (non-hydrogen) atoms. The molecule has 2 N–H and O–H groups in total. The average Bonchev–Trinajstić information content (AvgIpc) is 2.67. The van der Waals surface area contributed by atoms with Gasteiger partial charge in [0.1, 0.15) is 11.6 Å². The van der Waals surface area contributed by atoms with Gasteiger partial charge in [-0.1, -0.05) is 0 Å². The molecule has 0 bridgehead atoms. The molecule has 0 spiro atoms. The maximum absolute atomic E-state index is 12.6. The van der Waals surface area contributed by atoms with Gasteiger partial charge in [0.25, 0.3) is 5.91 Å². The summed E-state index contributed by atoms with van der Waals surface area (Å²) in [6, 6.07) is 7.47. The Morgan fingerprint density at radius 3 is 2.43 bits per heavy atom. The van der Waals surface area contributed by atoms with Gasteiger partial charge in [0.15, 0.2) is 0 Å². The van der Waals surface area contributed by atoms with E-state index in [1.54, 1.807) is 18.3 Å². The Labute approximate surface area is 160 Å². The largest absolute Gasteiger partial charge is 0.416 e. The highest BCUT2D eigenvalue weighted by molar-refractivity contribution is 6.07. The number of rotatable bonds is 5. The molecule has 1 amide bonds. The number of nitrogens with one attached hydrogen (secondary N) is 2. The maximum atomic E-state index is 12.6. The van der Waals surface area contributed by atoms with Crippen molar-refractivity contribution in [3.63, 3.8) is 0 Å². The maximum Gasteiger partial charge on any atom is 0.416 e. The molecular formula is C20H20F3N3O2. The first-order chi connectivity index (χ1) is 13.3. The number of benzene rings is 1. The molecule has 2 aromatic rings. The van der Waals surface area contributed by atoms with E-state index in [0.717, 1.165) is 25.0 Å². The number of carbonyl (C=O) groups is 2. The number of nitrogens with zero attached hydrogens (tertiary/aromatic N) is 1. The molecule has 8 heteroatoms. The van der Waals surface area contributed by atoms with Gasteiger partial charge in [-0.25, -0.2) is 4.98 Å². The molecule has 148 valence electrons. The summed E-state index contributed by atoms with van der Waals surface area (Å²) >= 11 is 0. The predicted octanol–water partition coefficient (Wildman–Crippen LogP) is 4.52. The zero-order valence-electron chi connectivity index (χ0n) is 15.1. The van der Waals surface area contributed by atoms with Gasteiger partial charge in [0, 0.05) is 31.3 Å². The van der Waals surface area contributed by atoms with E-state index < -0.39 is 17.6 Å². The third-order valence-electron chi connectivity index (χ3n) is 4.74. The number of halogens is 3. The molecule has 5 nitrogen and oxygen atoms in total. The molecule has 1 aromatic carbocycles. The van der Waals surface area contributed by atoms with Crippen LogP contribution in [0.2, 0.25) is 0 Å². The van der Waals surface area contributed by atoms with Crippen LogP contribution < -0.4 is 10.6 Å². The van der Waals surface area contributed by atoms with Crippen LogP contribution in [0.25, 0.3) is 0 Å². The average molecular weight is 391 g/mol. The quantitative estimate of drug-likeness (QED) is 0.786. The smallest absolute Gasteiger partial charge is 0.369 e. The fourth-order valence-electron chi connectivity index (χ4n) is 3.12. The number of hydrogen-bond donors (Lipinski definition) is 2. The van der Waals surface area contributed by atoms with Gasteiger partial charge in [-0.15, -0.1) is 0 Å². The van der Waals surface area contributed by atoms with Crippen molar-refractivity contribution >= 4 is 23.2 Å². The van der Waals surface area contributed by atoms with Crippen LogP contribution in [-0.4, -0.2) is 23.2 Å². The number of amides is 1. The van der Waals surface area contributed by atoms with E-state index in [0.29, 0.717) is 36.7 Å². The van der Waals surface area contributed by atoms with E-state index in [1.807, 2.05) is 0 Å². The Kier molecular flexibility index (Phi) is 5.96. The predicted molar refractivity (Wildman–Crippen MR) is 99.1 cm³/mol. The first kappa shape index (κ1) is 19.9. The number of hydrogen-bond acceptors (Lipinski definition) is 4. The summed E-state index contributed by atoms with van der Waals surface area (Å²) < 4.78 is 37.9. The molecule has 1 aromatic heterocycles. The molecule has 0 atom stereocenters. The number of alkyl halides is 3. The van der Waals surface area contributed by atoms with Crippen LogP contribution in [0.4, 0.5) is 24.7 Å². The molecule has 1 heterocycles. The van der Waals surface area contributed by atoms with Crippen LogP contribution >= 0.6 is 0 Å². The van der Waals surface area contributed by atoms with E-state index in [4.69, 9.17) is 0 Å². The first-order valence-electron chi connectivity index (χ1n) is 9.02. The second-order valence-electron chi connectivity index (χ2n) is 6.79. The fourth-order valence-corrected chi connectivity index (χ4v) is 3.12. The van der Waals surface area contributed by atoms with Crippen molar-refractivity contribution in [2.24, 2.45) is 5.92 Å². The van der Waals surface area contributed by atoms with Gasteiger partial charge in [-0.05, 0) is 55.2 Å². The lowest BCUT2D eigenvalue weighted by Crippen LogP contribution is -2.23. The minimum Gasteiger partial charge on any atom is -0.369 e. The Morgan fingerprint density at radius 1 is 1.11 bits per heavy atom. The molecule has 3 rings (SSSR count). The van der Waals surface area contributed by atoms with Gasteiger partial charge in [-0.3, -0.25) is 9.59 Å². The van der Waals surface area contributed by atoms with Crippen LogP contribution in [0.1, 0.15) is 41.6 Å². The van der Waals surface area contributed by atoms with Crippen molar-refractivity contribution in [3.8, 4) is 0 Å². The van der Waals surface area contributed by atoms with Crippen LogP contribution in [0, 0.1) is 5.92 Å². The van der Waals surface area contributed by atoms with Gasteiger partial charge >= 0.3 is 6.18 Å². The second kappa shape index (κ2) is 8.41. The van der Waals surface area contributed by atoms with Crippen LogP contribution in [0.5, 0.6) is 0 Å². The molecule has 0 radical (unpaired) electrons. The lowest BCUT2D eigenvalue weighted by molar-refractivity contribution is -0.137. The summed E-state index contributed by atoms with van der Waals surface area (Å²) in [5.74, 6) is 0.564. The number of anilines is 2. The van der Waals surface area contributed by atoms with Gasteiger partial charge < -0.3 is 10.6 Å². The van der Waals surface area contributed by atoms with Gasteiger partial charge in [0.2, 0.25) is 0 Å². The van der Waals surface area contributed by atoms with Crippen LogP contribution in [0.3, 0.4) is 0 Å². The zero-order chi connectivity index (χ0) is 20.1. The van der Waals surface area contributed by atoms with Gasteiger partial charge in [0.05, 0.1) is 11.1 Å². The Bertz CT molecular complexity index is 841. The highest BCUT2D eigenvalue weighted by Gasteiger charge is 2.30. The van der Waals surface area contributed by atoms with E-state index in [2.05, 4.69) is 15.6 Å². The normalized spacial score (nSPS) is 15.3. The van der Waals surface area contributed by atoms with Crippen molar-refractivity contribution in [1.82, 2.24) is 4.98 Å². The molecule has 0 aliphatic heterocycles. The number of ketones is 1. The molecular weight excluding hydrogens is 371 g/mol. The van der Waals surface area contributed by atoms with Crippen molar-refractivity contribution < 1.29 is 22.8 Å². The third kappa shape index (κ3) is 5.09.